The van der Waals surface area contributed by atoms with E-state index >= 15 is 0 Å². The molecule has 0 spiro atoms. The Bertz CT molecular complexity index is 538. The number of aromatic nitrogens is 2. The van der Waals surface area contributed by atoms with E-state index in [1.54, 1.807) is 0 Å². The van der Waals surface area contributed by atoms with E-state index in [1.165, 1.54) is 18.4 Å². The normalized spacial score (nSPS) is 16.2. The van der Waals surface area contributed by atoms with E-state index in [1.807, 2.05) is 0 Å². The summed E-state index contributed by atoms with van der Waals surface area (Å²) >= 11 is 3.63. The van der Waals surface area contributed by atoms with Crippen LogP contribution in [0, 0.1) is 0 Å². The zero-order chi connectivity index (χ0) is 11.3. The van der Waals surface area contributed by atoms with E-state index in [0.717, 1.165) is 21.9 Å². The predicted octanol–water partition coefficient (Wildman–Crippen LogP) is 4.10. The summed E-state index contributed by atoms with van der Waals surface area (Å²) in [6, 6.07) is 4.45. The number of pyridine rings is 1. The second kappa shape index (κ2) is 3.59. The minimum atomic E-state index is 0.457. The highest BCUT2D eigenvalue weighted by molar-refractivity contribution is 9.10. The summed E-state index contributed by atoms with van der Waals surface area (Å²) in [4.78, 5) is 4.70. The summed E-state index contributed by atoms with van der Waals surface area (Å²) in [7, 11) is 0. The number of hydrogen-bond acceptors (Lipinski definition) is 1. The Morgan fingerprint density at radius 3 is 2.81 bits per heavy atom. The van der Waals surface area contributed by atoms with Gasteiger partial charge < -0.3 is 0 Å². The van der Waals surface area contributed by atoms with Gasteiger partial charge in [0.1, 0.15) is 10.3 Å². The molecule has 16 heavy (non-hydrogen) atoms. The lowest BCUT2D eigenvalue weighted by molar-refractivity contribution is 0.826. The van der Waals surface area contributed by atoms with Crippen LogP contribution < -0.4 is 0 Å². The number of fused-ring (bicyclic) bond motifs is 1. The highest BCUT2D eigenvalue weighted by Gasteiger charge is 2.24. The molecule has 1 fully saturated rings. The molecule has 0 bridgehead atoms. The molecular weight excluding hydrogens is 264 g/mol. The van der Waals surface area contributed by atoms with Gasteiger partial charge >= 0.3 is 0 Å². The smallest absolute Gasteiger partial charge is 0.138 e. The Hall–Kier alpha value is -0.830. The van der Waals surface area contributed by atoms with Crippen molar-refractivity contribution in [2.75, 3.05) is 0 Å². The summed E-state index contributed by atoms with van der Waals surface area (Å²) in [6.45, 7) is 4.35. The topological polar surface area (TPSA) is 17.3 Å². The Morgan fingerprint density at radius 1 is 1.44 bits per heavy atom. The Balaban J connectivity index is 2.16. The molecule has 0 aromatic carbocycles. The zero-order valence-electron chi connectivity index (χ0n) is 9.57. The monoisotopic (exact) mass is 278 g/mol. The van der Waals surface area contributed by atoms with E-state index in [4.69, 9.17) is 4.98 Å². The standard InChI is InChI=1S/C13H15BrN2/c1-8(2)12-13(14)16-6-5-10(9-3-4-9)7-11(16)15-12/h5-9H,3-4H2,1-2H3. The van der Waals surface area contributed by atoms with E-state index in [2.05, 4.69) is 52.5 Å². The third-order valence-electron chi connectivity index (χ3n) is 3.21. The summed E-state index contributed by atoms with van der Waals surface area (Å²) in [5.74, 6) is 1.25. The van der Waals surface area contributed by atoms with Gasteiger partial charge in [0.25, 0.3) is 0 Å². The van der Waals surface area contributed by atoms with Gasteiger partial charge in [-0.2, -0.15) is 0 Å². The minimum absolute atomic E-state index is 0.457. The molecule has 1 saturated carbocycles. The molecule has 3 heteroatoms. The van der Waals surface area contributed by atoms with Gasteiger partial charge in [-0.25, -0.2) is 4.98 Å². The molecule has 0 N–H and O–H groups in total. The van der Waals surface area contributed by atoms with Gasteiger partial charge in [-0.15, -0.1) is 0 Å². The van der Waals surface area contributed by atoms with Crippen molar-refractivity contribution in [1.82, 2.24) is 9.38 Å². The van der Waals surface area contributed by atoms with Crippen LogP contribution in [0.25, 0.3) is 5.65 Å². The van der Waals surface area contributed by atoms with Crippen molar-refractivity contribution in [3.63, 3.8) is 0 Å². The zero-order valence-corrected chi connectivity index (χ0v) is 11.2. The van der Waals surface area contributed by atoms with Gasteiger partial charge in [-0.05, 0) is 58.3 Å². The van der Waals surface area contributed by atoms with Crippen molar-refractivity contribution in [3.05, 3.63) is 34.2 Å². The molecule has 1 aliphatic rings. The Labute approximate surface area is 104 Å². The van der Waals surface area contributed by atoms with Crippen molar-refractivity contribution in [2.24, 2.45) is 0 Å². The van der Waals surface area contributed by atoms with Gasteiger partial charge in [0.05, 0.1) is 5.69 Å². The van der Waals surface area contributed by atoms with Crippen LogP contribution in [0.4, 0.5) is 0 Å². The van der Waals surface area contributed by atoms with Crippen molar-refractivity contribution in [2.45, 2.75) is 38.5 Å². The van der Waals surface area contributed by atoms with Gasteiger partial charge in [0.15, 0.2) is 0 Å². The first-order valence-electron chi connectivity index (χ1n) is 5.84. The number of halogens is 1. The first-order valence-corrected chi connectivity index (χ1v) is 6.63. The van der Waals surface area contributed by atoms with Crippen LogP contribution in [-0.4, -0.2) is 9.38 Å². The molecule has 0 unspecified atom stereocenters. The number of hydrogen-bond donors (Lipinski definition) is 0. The molecule has 0 atom stereocenters. The van der Waals surface area contributed by atoms with Crippen LogP contribution in [0.5, 0.6) is 0 Å². The largest absolute Gasteiger partial charge is 0.294 e. The highest BCUT2D eigenvalue weighted by atomic mass is 79.9. The highest BCUT2D eigenvalue weighted by Crippen LogP contribution is 2.40. The molecule has 0 saturated heterocycles. The van der Waals surface area contributed by atoms with Crippen LogP contribution >= 0.6 is 15.9 Å². The third-order valence-corrected chi connectivity index (χ3v) is 4.00. The number of rotatable bonds is 2. The van der Waals surface area contributed by atoms with Gasteiger partial charge in [-0.1, -0.05) is 13.8 Å². The summed E-state index contributed by atoms with van der Waals surface area (Å²) < 4.78 is 3.22. The minimum Gasteiger partial charge on any atom is -0.294 e. The molecular formula is C13H15BrN2. The van der Waals surface area contributed by atoms with Gasteiger partial charge in [0.2, 0.25) is 0 Å². The first kappa shape index (κ1) is 10.3. The fraction of sp³-hybridized carbons (Fsp3) is 0.462. The van der Waals surface area contributed by atoms with Crippen LogP contribution in [0.1, 0.15) is 49.8 Å². The summed E-state index contributed by atoms with van der Waals surface area (Å²) in [5.41, 5.74) is 3.66. The van der Waals surface area contributed by atoms with Gasteiger partial charge in [-0.3, -0.25) is 4.40 Å². The van der Waals surface area contributed by atoms with Crippen molar-refractivity contribution in [1.29, 1.82) is 0 Å². The predicted molar refractivity (Wildman–Crippen MR) is 69.0 cm³/mol. The molecule has 2 aromatic heterocycles. The average Bonchev–Trinajstić information content (AvgIpc) is 3.04. The first-order chi connectivity index (χ1) is 7.66. The van der Waals surface area contributed by atoms with Crippen LogP contribution in [0.3, 0.4) is 0 Å². The molecule has 84 valence electrons. The van der Waals surface area contributed by atoms with Gasteiger partial charge in [0, 0.05) is 6.20 Å². The summed E-state index contributed by atoms with van der Waals surface area (Å²) in [6.07, 6.45) is 4.82. The molecule has 0 amide bonds. The Kier molecular flexibility index (Phi) is 2.32. The van der Waals surface area contributed by atoms with Crippen molar-refractivity contribution in [3.8, 4) is 0 Å². The molecule has 2 nitrogen and oxygen atoms in total. The van der Waals surface area contributed by atoms with Crippen LogP contribution in [0.2, 0.25) is 0 Å². The molecule has 0 aliphatic heterocycles. The Morgan fingerprint density at radius 2 is 2.19 bits per heavy atom. The van der Waals surface area contributed by atoms with E-state index in [0.29, 0.717) is 5.92 Å². The van der Waals surface area contributed by atoms with E-state index < -0.39 is 0 Å². The van der Waals surface area contributed by atoms with Crippen LogP contribution in [-0.2, 0) is 0 Å². The van der Waals surface area contributed by atoms with Crippen LogP contribution in [0.15, 0.2) is 22.9 Å². The summed E-state index contributed by atoms with van der Waals surface area (Å²) in [5, 5.41) is 0. The van der Waals surface area contributed by atoms with E-state index in [-0.39, 0.29) is 0 Å². The second-order valence-electron chi connectivity index (χ2n) is 4.91. The lowest BCUT2D eigenvalue weighted by atomic mass is 10.2. The molecule has 2 heterocycles. The lowest BCUT2D eigenvalue weighted by Crippen LogP contribution is -1.88. The molecule has 1 aliphatic carbocycles. The SMILES string of the molecule is CC(C)c1nc2cc(C3CC3)ccn2c1Br. The third kappa shape index (κ3) is 1.58. The average molecular weight is 279 g/mol. The van der Waals surface area contributed by atoms with Crippen molar-refractivity contribution < 1.29 is 0 Å². The lowest BCUT2D eigenvalue weighted by Gasteiger charge is -2.00. The quantitative estimate of drug-likeness (QED) is 0.809. The molecule has 2 aromatic rings. The molecule has 3 rings (SSSR count). The maximum absolute atomic E-state index is 4.70. The number of imidazole rings is 1. The molecule has 0 radical (unpaired) electrons. The number of nitrogens with zero attached hydrogens (tertiary/aromatic N) is 2. The fourth-order valence-electron chi connectivity index (χ4n) is 2.09. The second-order valence-corrected chi connectivity index (χ2v) is 5.66. The maximum Gasteiger partial charge on any atom is 0.138 e. The fourth-order valence-corrected chi connectivity index (χ4v) is 2.93. The maximum atomic E-state index is 4.70. The van der Waals surface area contributed by atoms with Crippen molar-refractivity contribution >= 4 is 21.6 Å². The van der Waals surface area contributed by atoms with E-state index in [9.17, 15) is 0 Å².